The second kappa shape index (κ2) is 9.46. The van der Waals surface area contributed by atoms with Crippen LogP contribution < -0.4 is 22.1 Å². The molecule has 1 aromatic carbocycles. The molecule has 1 aromatic heterocycles. The molecule has 10 nitrogen and oxygen atoms in total. The fraction of sp³-hybridized carbons (Fsp3) is 0.235. The predicted molar refractivity (Wildman–Crippen MR) is 104 cm³/mol. The molecule has 0 fully saturated rings. The molecule has 0 spiro atoms. The van der Waals surface area contributed by atoms with E-state index in [4.69, 9.17) is 11.5 Å². The van der Waals surface area contributed by atoms with E-state index in [1.807, 2.05) is 0 Å². The molecule has 2 aromatic rings. The van der Waals surface area contributed by atoms with Crippen LogP contribution in [0.4, 0.5) is 5.13 Å². The number of hydrogen-bond donors (Lipinski definition) is 5. The Morgan fingerprint density at radius 2 is 1.89 bits per heavy atom. The van der Waals surface area contributed by atoms with Crippen molar-refractivity contribution in [3.8, 4) is 0 Å². The van der Waals surface area contributed by atoms with Gasteiger partial charge < -0.3 is 27.2 Å². The average molecular weight is 404 g/mol. The van der Waals surface area contributed by atoms with Crippen molar-refractivity contribution < 1.29 is 19.5 Å². The summed E-state index contributed by atoms with van der Waals surface area (Å²) in [6, 6.07) is 6.09. The Morgan fingerprint density at radius 3 is 2.46 bits per heavy atom. The number of carboxylic acid groups (broad SMARTS) is 1. The number of hydrogen-bond acceptors (Lipinski definition) is 6. The average Bonchev–Trinajstić information content (AvgIpc) is 3.12. The van der Waals surface area contributed by atoms with Crippen LogP contribution in [0.2, 0.25) is 0 Å². The molecule has 7 N–H and O–H groups in total. The summed E-state index contributed by atoms with van der Waals surface area (Å²) < 4.78 is 0. The Morgan fingerprint density at radius 1 is 1.21 bits per heavy atom. The Hall–Kier alpha value is -3.47. The van der Waals surface area contributed by atoms with E-state index in [1.165, 1.54) is 5.38 Å². The third-order valence-corrected chi connectivity index (χ3v) is 4.37. The summed E-state index contributed by atoms with van der Waals surface area (Å²) in [4.78, 5) is 44.0. The highest BCUT2D eigenvalue weighted by Crippen LogP contribution is 2.21. The number of nitrogens with zero attached hydrogens (tertiary/aromatic N) is 2. The van der Waals surface area contributed by atoms with Gasteiger partial charge in [-0.25, -0.2) is 9.78 Å². The first kappa shape index (κ1) is 20.8. The number of guanidine groups is 1. The van der Waals surface area contributed by atoms with Crippen molar-refractivity contribution in [2.45, 2.75) is 25.4 Å². The zero-order valence-electron chi connectivity index (χ0n) is 15.0. The van der Waals surface area contributed by atoms with Gasteiger partial charge in [0, 0.05) is 11.8 Å². The van der Waals surface area contributed by atoms with Crippen molar-refractivity contribution in [3.05, 3.63) is 47.0 Å². The maximum absolute atomic E-state index is 12.6. The number of aromatic nitrogens is 1. The number of amides is 2. The number of thiazole rings is 1. The number of carboxylic acids is 1. The van der Waals surface area contributed by atoms with Crippen LogP contribution in [0.5, 0.6) is 0 Å². The number of benzene rings is 1. The minimum absolute atomic E-state index is 0.0249. The quantitative estimate of drug-likeness (QED) is 0.314. The van der Waals surface area contributed by atoms with Crippen LogP contribution in [0.15, 0.2) is 40.7 Å². The SMILES string of the molecule is CCC(=O)NC(C(=O)O)C(NC(=O)c1csc(N=C(N)N)n1)c1ccccc1. The smallest absolute Gasteiger partial charge is 0.328 e. The monoisotopic (exact) mass is 404 g/mol. The summed E-state index contributed by atoms with van der Waals surface area (Å²) in [5.41, 5.74) is 11.1. The minimum Gasteiger partial charge on any atom is -0.480 e. The third kappa shape index (κ3) is 5.51. The number of carbonyl (C=O) groups is 3. The fourth-order valence-corrected chi connectivity index (χ4v) is 3.01. The van der Waals surface area contributed by atoms with Crippen LogP contribution in [-0.2, 0) is 9.59 Å². The number of nitrogens with two attached hydrogens (primary N) is 2. The number of aliphatic carboxylic acids is 1. The number of nitrogens with one attached hydrogen (secondary N) is 2. The zero-order valence-corrected chi connectivity index (χ0v) is 15.8. The van der Waals surface area contributed by atoms with Gasteiger partial charge in [0.2, 0.25) is 11.0 Å². The lowest BCUT2D eigenvalue weighted by molar-refractivity contribution is -0.142. The molecule has 2 atom stereocenters. The summed E-state index contributed by atoms with van der Waals surface area (Å²) in [6.45, 7) is 1.60. The Kier molecular flexibility index (Phi) is 7.04. The topological polar surface area (TPSA) is 173 Å². The molecule has 11 heteroatoms. The molecule has 2 amide bonds. The van der Waals surface area contributed by atoms with Gasteiger partial charge in [-0.1, -0.05) is 37.3 Å². The summed E-state index contributed by atoms with van der Waals surface area (Å²) in [6.07, 6.45) is 0.104. The van der Waals surface area contributed by atoms with Gasteiger partial charge in [0.15, 0.2) is 12.0 Å². The van der Waals surface area contributed by atoms with Gasteiger partial charge in [0.25, 0.3) is 5.91 Å². The molecule has 28 heavy (non-hydrogen) atoms. The van der Waals surface area contributed by atoms with Crippen LogP contribution in [0.25, 0.3) is 0 Å². The van der Waals surface area contributed by atoms with Crippen LogP contribution in [0.1, 0.15) is 35.4 Å². The lowest BCUT2D eigenvalue weighted by Gasteiger charge is -2.26. The van der Waals surface area contributed by atoms with Gasteiger partial charge in [0.1, 0.15) is 5.69 Å². The van der Waals surface area contributed by atoms with Gasteiger partial charge in [-0.3, -0.25) is 9.59 Å². The van der Waals surface area contributed by atoms with Gasteiger partial charge in [-0.15, -0.1) is 11.3 Å². The van der Waals surface area contributed by atoms with Crippen LogP contribution in [0, 0.1) is 0 Å². The molecule has 2 unspecified atom stereocenters. The summed E-state index contributed by atoms with van der Waals surface area (Å²) >= 11 is 1.05. The van der Waals surface area contributed by atoms with Crippen molar-refractivity contribution in [1.29, 1.82) is 0 Å². The highest BCUT2D eigenvalue weighted by Gasteiger charge is 2.32. The third-order valence-electron chi connectivity index (χ3n) is 3.63. The first-order valence-corrected chi connectivity index (χ1v) is 9.13. The summed E-state index contributed by atoms with van der Waals surface area (Å²) in [5, 5.41) is 16.3. The Balaban J connectivity index is 2.32. The molecule has 0 saturated heterocycles. The molecule has 0 aliphatic heterocycles. The normalized spacial score (nSPS) is 12.5. The molecule has 0 radical (unpaired) electrons. The standard InChI is InChI=1S/C17H20N6O4S/c1-2-11(24)21-13(15(26)27)12(9-6-4-3-5-7-9)22-14(25)10-8-28-17(20-10)23-16(18)19/h3-8,12-13H,2H2,1H3,(H,21,24)(H,22,25)(H,26,27)(H4,18,19,20,23). The molecular formula is C17H20N6O4S. The van der Waals surface area contributed by atoms with E-state index >= 15 is 0 Å². The van der Waals surface area contributed by atoms with Crippen molar-refractivity contribution in [2.24, 2.45) is 16.5 Å². The van der Waals surface area contributed by atoms with E-state index in [0.717, 1.165) is 11.3 Å². The highest BCUT2D eigenvalue weighted by atomic mass is 32.1. The highest BCUT2D eigenvalue weighted by molar-refractivity contribution is 7.13. The van der Waals surface area contributed by atoms with Gasteiger partial charge in [0.05, 0.1) is 6.04 Å². The molecule has 1 heterocycles. The van der Waals surface area contributed by atoms with Crippen LogP contribution in [-0.4, -0.2) is 39.9 Å². The second-order valence-electron chi connectivity index (χ2n) is 5.65. The molecule has 0 saturated carbocycles. The van der Waals surface area contributed by atoms with Gasteiger partial charge in [-0.05, 0) is 5.56 Å². The van der Waals surface area contributed by atoms with E-state index in [1.54, 1.807) is 37.3 Å². The van der Waals surface area contributed by atoms with Crippen molar-refractivity contribution >= 4 is 40.2 Å². The molecule has 0 bridgehead atoms. The fourth-order valence-electron chi connectivity index (χ4n) is 2.33. The van der Waals surface area contributed by atoms with Crippen LogP contribution in [0.3, 0.4) is 0 Å². The molecule has 2 rings (SSSR count). The van der Waals surface area contributed by atoms with E-state index in [9.17, 15) is 19.5 Å². The maximum atomic E-state index is 12.6. The predicted octanol–water partition coefficient (Wildman–Crippen LogP) is 0.499. The largest absolute Gasteiger partial charge is 0.480 e. The second-order valence-corrected chi connectivity index (χ2v) is 6.49. The zero-order chi connectivity index (χ0) is 20.7. The van der Waals surface area contributed by atoms with Gasteiger partial charge in [-0.2, -0.15) is 4.99 Å². The lowest BCUT2D eigenvalue weighted by Crippen LogP contribution is -2.50. The van der Waals surface area contributed by atoms with E-state index in [2.05, 4.69) is 20.6 Å². The maximum Gasteiger partial charge on any atom is 0.328 e. The van der Waals surface area contributed by atoms with Gasteiger partial charge >= 0.3 is 5.97 Å². The summed E-state index contributed by atoms with van der Waals surface area (Å²) in [5.74, 6) is -2.56. The first-order chi connectivity index (χ1) is 13.3. The number of rotatable bonds is 8. The molecular weight excluding hydrogens is 384 g/mol. The molecule has 0 aliphatic carbocycles. The minimum atomic E-state index is -1.37. The lowest BCUT2D eigenvalue weighted by atomic mass is 9.98. The van der Waals surface area contributed by atoms with E-state index < -0.39 is 29.9 Å². The number of carbonyl (C=O) groups excluding carboxylic acids is 2. The Labute approximate surface area is 164 Å². The molecule has 148 valence electrons. The van der Waals surface area contributed by atoms with Crippen molar-refractivity contribution in [1.82, 2.24) is 15.6 Å². The van der Waals surface area contributed by atoms with E-state index in [-0.39, 0.29) is 23.2 Å². The molecule has 0 aliphatic rings. The van der Waals surface area contributed by atoms with E-state index in [0.29, 0.717) is 5.56 Å². The van der Waals surface area contributed by atoms with Crippen molar-refractivity contribution in [3.63, 3.8) is 0 Å². The summed E-state index contributed by atoms with van der Waals surface area (Å²) in [7, 11) is 0. The van der Waals surface area contributed by atoms with Crippen molar-refractivity contribution in [2.75, 3.05) is 0 Å². The van der Waals surface area contributed by atoms with Crippen LogP contribution >= 0.6 is 11.3 Å². The first-order valence-electron chi connectivity index (χ1n) is 8.25. The number of aliphatic imine (C=N–C) groups is 1. The Bertz CT molecular complexity index is 879.